The van der Waals surface area contributed by atoms with Gasteiger partial charge < -0.3 is 10.2 Å². The van der Waals surface area contributed by atoms with Crippen molar-refractivity contribution in [3.8, 4) is 0 Å². The summed E-state index contributed by atoms with van der Waals surface area (Å²) in [5, 5.41) is 20.1. The van der Waals surface area contributed by atoms with Crippen LogP contribution in [0.1, 0.15) is 11.8 Å². The highest BCUT2D eigenvalue weighted by Crippen LogP contribution is 2.23. The van der Waals surface area contributed by atoms with E-state index in [1.54, 1.807) is 11.3 Å². The molecule has 3 heteroatoms. The fourth-order valence-corrected chi connectivity index (χ4v) is 1.92. The van der Waals surface area contributed by atoms with Crippen molar-refractivity contribution in [2.24, 2.45) is 5.41 Å². The molecule has 0 saturated carbocycles. The van der Waals surface area contributed by atoms with Gasteiger partial charge in [0.1, 0.15) is 0 Å². The highest BCUT2D eigenvalue weighted by atomic mass is 32.1. The van der Waals surface area contributed by atoms with E-state index < -0.39 is 0 Å². The lowest BCUT2D eigenvalue weighted by Gasteiger charge is -2.23. The Balaban J connectivity index is 2.60. The van der Waals surface area contributed by atoms with Crippen molar-refractivity contribution in [3.63, 3.8) is 0 Å². The third kappa shape index (κ3) is 2.30. The summed E-state index contributed by atoms with van der Waals surface area (Å²) in [4.78, 5) is 1.21. The first-order chi connectivity index (χ1) is 5.70. The predicted molar refractivity (Wildman–Crippen MR) is 50.3 cm³/mol. The molecule has 0 fully saturated rings. The van der Waals surface area contributed by atoms with E-state index in [4.69, 9.17) is 10.2 Å². The fraction of sp³-hybridized carbons (Fsp3) is 0.556. The fourth-order valence-electron chi connectivity index (χ4n) is 0.996. The van der Waals surface area contributed by atoms with Gasteiger partial charge >= 0.3 is 0 Å². The molecule has 68 valence electrons. The molecule has 0 atom stereocenters. The van der Waals surface area contributed by atoms with E-state index >= 15 is 0 Å². The molecule has 2 N–H and O–H groups in total. The van der Waals surface area contributed by atoms with Crippen LogP contribution in [0, 0.1) is 5.41 Å². The van der Waals surface area contributed by atoms with Gasteiger partial charge in [0, 0.05) is 10.3 Å². The van der Waals surface area contributed by atoms with E-state index in [0.717, 1.165) is 6.42 Å². The zero-order chi connectivity index (χ0) is 9.03. The van der Waals surface area contributed by atoms with Gasteiger partial charge in [-0.1, -0.05) is 13.0 Å². The number of aliphatic hydroxyl groups excluding tert-OH is 2. The molecule has 0 aliphatic carbocycles. The number of rotatable bonds is 4. The Morgan fingerprint density at radius 3 is 2.50 bits per heavy atom. The van der Waals surface area contributed by atoms with Crippen molar-refractivity contribution in [3.05, 3.63) is 22.4 Å². The summed E-state index contributed by atoms with van der Waals surface area (Å²) in [6.07, 6.45) is 0.748. The third-order valence-corrected chi connectivity index (χ3v) is 2.82. The molecule has 0 radical (unpaired) electrons. The van der Waals surface area contributed by atoms with E-state index in [0.29, 0.717) is 0 Å². The van der Waals surface area contributed by atoms with Crippen LogP contribution in [-0.2, 0) is 6.42 Å². The van der Waals surface area contributed by atoms with Crippen LogP contribution < -0.4 is 0 Å². The van der Waals surface area contributed by atoms with Crippen molar-refractivity contribution in [2.75, 3.05) is 13.2 Å². The quantitative estimate of drug-likeness (QED) is 0.743. The minimum Gasteiger partial charge on any atom is -0.396 e. The Kier molecular flexibility index (Phi) is 3.26. The minimum atomic E-state index is -0.370. The predicted octanol–water partition coefficient (Wildman–Crippen LogP) is 1.28. The zero-order valence-corrected chi connectivity index (χ0v) is 7.97. The number of hydrogen-bond acceptors (Lipinski definition) is 3. The highest BCUT2D eigenvalue weighted by molar-refractivity contribution is 7.09. The van der Waals surface area contributed by atoms with Crippen molar-refractivity contribution in [1.29, 1.82) is 0 Å². The van der Waals surface area contributed by atoms with E-state index in [1.165, 1.54) is 4.88 Å². The summed E-state index contributed by atoms with van der Waals surface area (Å²) in [5.74, 6) is 0. The minimum absolute atomic E-state index is 0.0292. The summed E-state index contributed by atoms with van der Waals surface area (Å²) >= 11 is 1.66. The summed E-state index contributed by atoms with van der Waals surface area (Å²) in [6.45, 7) is 1.94. The molecule has 2 nitrogen and oxygen atoms in total. The highest BCUT2D eigenvalue weighted by Gasteiger charge is 2.22. The second-order valence-corrected chi connectivity index (χ2v) is 4.42. The molecule has 1 aromatic rings. The number of thiophene rings is 1. The molecular formula is C9H14O2S. The number of hydrogen-bond donors (Lipinski definition) is 2. The van der Waals surface area contributed by atoms with Gasteiger partial charge in [-0.3, -0.25) is 0 Å². The molecule has 0 aliphatic heterocycles. The van der Waals surface area contributed by atoms with Crippen LogP contribution in [0.5, 0.6) is 0 Å². The SMILES string of the molecule is CC(CO)(CO)Cc1cccs1. The molecule has 0 amide bonds. The molecule has 0 bridgehead atoms. The maximum atomic E-state index is 9.03. The summed E-state index contributed by atoms with van der Waals surface area (Å²) in [5.41, 5.74) is -0.370. The molecule has 0 unspecified atom stereocenters. The molecule has 0 aromatic carbocycles. The maximum Gasteiger partial charge on any atom is 0.0510 e. The standard InChI is InChI=1S/C9H14O2S/c1-9(6-10,7-11)5-8-3-2-4-12-8/h2-4,10-11H,5-7H2,1H3. The Morgan fingerprint density at radius 1 is 1.42 bits per heavy atom. The van der Waals surface area contributed by atoms with Crippen molar-refractivity contribution in [2.45, 2.75) is 13.3 Å². The Hall–Kier alpha value is -0.380. The monoisotopic (exact) mass is 186 g/mol. The van der Waals surface area contributed by atoms with Gasteiger partial charge in [0.15, 0.2) is 0 Å². The maximum absolute atomic E-state index is 9.03. The van der Waals surface area contributed by atoms with Crippen LogP contribution in [0.2, 0.25) is 0 Å². The Labute approximate surface area is 76.5 Å². The lowest BCUT2D eigenvalue weighted by Crippen LogP contribution is -2.28. The molecule has 12 heavy (non-hydrogen) atoms. The first-order valence-corrected chi connectivity index (χ1v) is 4.82. The van der Waals surface area contributed by atoms with Crippen LogP contribution in [0.15, 0.2) is 17.5 Å². The lowest BCUT2D eigenvalue weighted by atomic mass is 9.88. The van der Waals surface area contributed by atoms with Crippen molar-refractivity contribution >= 4 is 11.3 Å². The molecule has 0 spiro atoms. The van der Waals surface area contributed by atoms with Gasteiger partial charge in [-0.2, -0.15) is 0 Å². The third-order valence-electron chi connectivity index (χ3n) is 1.94. The average Bonchev–Trinajstić information content (AvgIpc) is 2.57. The molecule has 1 aromatic heterocycles. The molecule has 1 heterocycles. The van der Waals surface area contributed by atoms with Gasteiger partial charge in [-0.15, -0.1) is 11.3 Å². The van der Waals surface area contributed by atoms with Crippen LogP contribution in [0.3, 0.4) is 0 Å². The van der Waals surface area contributed by atoms with Crippen LogP contribution in [0.4, 0.5) is 0 Å². The molecular weight excluding hydrogens is 172 g/mol. The van der Waals surface area contributed by atoms with Crippen molar-refractivity contribution in [1.82, 2.24) is 0 Å². The van der Waals surface area contributed by atoms with Gasteiger partial charge in [-0.05, 0) is 17.9 Å². The van der Waals surface area contributed by atoms with Crippen LogP contribution in [0.25, 0.3) is 0 Å². The summed E-state index contributed by atoms with van der Waals surface area (Å²) in [6, 6.07) is 4.00. The largest absolute Gasteiger partial charge is 0.396 e. The lowest BCUT2D eigenvalue weighted by molar-refractivity contribution is 0.0710. The second kappa shape index (κ2) is 4.03. The van der Waals surface area contributed by atoms with Crippen LogP contribution >= 0.6 is 11.3 Å². The van der Waals surface area contributed by atoms with Crippen molar-refractivity contribution < 1.29 is 10.2 Å². The topological polar surface area (TPSA) is 40.5 Å². The summed E-state index contributed by atoms with van der Waals surface area (Å²) in [7, 11) is 0. The average molecular weight is 186 g/mol. The van der Waals surface area contributed by atoms with Gasteiger partial charge in [0.05, 0.1) is 13.2 Å². The second-order valence-electron chi connectivity index (χ2n) is 3.38. The van der Waals surface area contributed by atoms with E-state index in [9.17, 15) is 0 Å². The van der Waals surface area contributed by atoms with Crippen LogP contribution in [-0.4, -0.2) is 23.4 Å². The normalized spacial score (nSPS) is 11.9. The van der Waals surface area contributed by atoms with Gasteiger partial charge in [0.2, 0.25) is 0 Å². The molecule has 1 rings (SSSR count). The first-order valence-electron chi connectivity index (χ1n) is 3.94. The Morgan fingerprint density at radius 2 is 2.08 bits per heavy atom. The van der Waals surface area contributed by atoms with E-state index in [-0.39, 0.29) is 18.6 Å². The summed E-state index contributed by atoms with van der Waals surface area (Å²) < 4.78 is 0. The van der Waals surface area contributed by atoms with Gasteiger partial charge in [-0.25, -0.2) is 0 Å². The Bertz CT molecular complexity index is 214. The molecule has 0 saturated heterocycles. The zero-order valence-electron chi connectivity index (χ0n) is 7.16. The first kappa shape index (κ1) is 9.71. The molecule has 0 aliphatic rings. The van der Waals surface area contributed by atoms with Gasteiger partial charge in [0.25, 0.3) is 0 Å². The number of aliphatic hydroxyl groups is 2. The smallest absolute Gasteiger partial charge is 0.0510 e. The van der Waals surface area contributed by atoms with E-state index in [1.807, 2.05) is 24.4 Å². The van der Waals surface area contributed by atoms with E-state index in [2.05, 4.69) is 0 Å².